The summed E-state index contributed by atoms with van der Waals surface area (Å²) >= 11 is 0. The molecule has 0 saturated heterocycles. The van der Waals surface area contributed by atoms with Gasteiger partial charge in [0, 0.05) is 38.6 Å². The average Bonchev–Trinajstić information content (AvgIpc) is 3.25. The number of hydrogen-bond acceptors (Lipinski definition) is 5. The van der Waals surface area contributed by atoms with E-state index in [0.717, 1.165) is 48.0 Å². The van der Waals surface area contributed by atoms with Crippen LogP contribution in [0.1, 0.15) is 38.3 Å². The first kappa shape index (κ1) is 17.7. The Hall–Kier alpha value is -2.70. The third-order valence-electron chi connectivity index (χ3n) is 4.88. The first-order chi connectivity index (χ1) is 12.9. The van der Waals surface area contributed by atoms with Crippen molar-refractivity contribution in [2.24, 2.45) is 0 Å². The van der Waals surface area contributed by atoms with Crippen LogP contribution in [0.4, 0.5) is 16.4 Å². The molecule has 0 bridgehead atoms. The maximum Gasteiger partial charge on any atom is 0.410 e. The van der Waals surface area contributed by atoms with Crippen molar-refractivity contribution in [2.75, 3.05) is 18.6 Å². The first-order valence-electron chi connectivity index (χ1n) is 9.32. The van der Waals surface area contributed by atoms with Gasteiger partial charge >= 0.3 is 6.09 Å². The molecule has 27 heavy (non-hydrogen) atoms. The molecule has 0 unspecified atom stereocenters. The summed E-state index contributed by atoms with van der Waals surface area (Å²) in [6.07, 6.45) is 4.60. The molecule has 0 spiro atoms. The molecule has 0 aliphatic carbocycles. The molecule has 1 aromatic carbocycles. The Kier molecular flexibility index (Phi) is 4.25. The molecule has 0 N–H and O–H groups in total. The van der Waals surface area contributed by atoms with Crippen LogP contribution in [0.5, 0.6) is 5.75 Å². The largest absolute Gasteiger partial charge is 0.495 e. The summed E-state index contributed by atoms with van der Waals surface area (Å²) in [6, 6.07) is 4.17. The molecule has 0 radical (unpaired) electrons. The number of ether oxygens (including phenoxy) is 2. The molecule has 0 fully saturated rings. The number of carbonyl (C=O) groups excluding carboxylic acids is 1. The smallest absolute Gasteiger partial charge is 0.410 e. The fourth-order valence-corrected chi connectivity index (χ4v) is 3.69. The van der Waals surface area contributed by atoms with Crippen molar-refractivity contribution in [1.82, 2.24) is 14.5 Å². The van der Waals surface area contributed by atoms with Gasteiger partial charge in [0.1, 0.15) is 11.4 Å². The highest BCUT2D eigenvalue weighted by Gasteiger charge is 2.30. The van der Waals surface area contributed by atoms with Crippen LogP contribution < -0.4 is 9.64 Å². The number of aromatic nitrogens is 2. The van der Waals surface area contributed by atoms with Crippen molar-refractivity contribution >= 4 is 17.7 Å². The van der Waals surface area contributed by atoms with Gasteiger partial charge in [0.2, 0.25) is 5.95 Å². The molecule has 1 amide bonds. The molecule has 2 aromatic rings. The number of hydrogen-bond donors (Lipinski definition) is 0. The fraction of sp³-hybridized carbons (Fsp3) is 0.500. The van der Waals surface area contributed by atoms with Gasteiger partial charge in [-0.25, -0.2) is 9.78 Å². The Bertz CT molecular complexity index is 869. The summed E-state index contributed by atoms with van der Waals surface area (Å²) in [5, 5.41) is 0. The average molecular weight is 370 g/mol. The van der Waals surface area contributed by atoms with E-state index in [1.54, 1.807) is 12.0 Å². The zero-order chi connectivity index (χ0) is 19.2. The monoisotopic (exact) mass is 370 g/mol. The maximum atomic E-state index is 12.4. The normalized spacial score (nSPS) is 16.1. The predicted octanol–water partition coefficient (Wildman–Crippen LogP) is 3.68. The second-order valence-electron chi connectivity index (χ2n) is 8.05. The van der Waals surface area contributed by atoms with Crippen molar-refractivity contribution in [2.45, 2.75) is 52.4 Å². The number of imidazole rings is 1. The Balaban J connectivity index is 1.63. The number of methoxy groups -OCH3 is 1. The lowest BCUT2D eigenvalue weighted by Gasteiger charge is -2.30. The summed E-state index contributed by atoms with van der Waals surface area (Å²) in [5.41, 5.74) is 2.72. The Morgan fingerprint density at radius 3 is 2.59 bits per heavy atom. The second-order valence-corrected chi connectivity index (χ2v) is 8.05. The van der Waals surface area contributed by atoms with E-state index in [1.165, 1.54) is 0 Å². The lowest BCUT2D eigenvalue weighted by Crippen LogP contribution is -2.33. The maximum absolute atomic E-state index is 12.4. The highest BCUT2D eigenvalue weighted by Crippen LogP contribution is 2.39. The van der Waals surface area contributed by atoms with Crippen molar-refractivity contribution in [3.63, 3.8) is 0 Å². The van der Waals surface area contributed by atoms with E-state index in [2.05, 4.69) is 20.5 Å². The van der Waals surface area contributed by atoms with Gasteiger partial charge in [-0.15, -0.1) is 0 Å². The molecule has 2 aliphatic heterocycles. The van der Waals surface area contributed by atoms with Gasteiger partial charge < -0.3 is 18.9 Å². The third-order valence-corrected chi connectivity index (χ3v) is 4.88. The number of amides is 1. The van der Waals surface area contributed by atoms with Crippen molar-refractivity contribution in [3.8, 4) is 5.75 Å². The summed E-state index contributed by atoms with van der Waals surface area (Å²) < 4.78 is 13.4. The number of fused-ring (bicyclic) bond motifs is 2. The Labute approximate surface area is 159 Å². The van der Waals surface area contributed by atoms with Gasteiger partial charge in [-0.2, -0.15) is 0 Å². The van der Waals surface area contributed by atoms with Gasteiger partial charge in [-0.3, -0.25) is 4.90 Å². The molecular formula is C20H26N4O3. The molecule has 4 rings (SSSR count). The molecule has 7 heteroatoms. The molecule has 0 saturated carbocycles. The van der Waals surface area contributed by atoms with Crippen molar-refractivity contribution < 1.29 is 14.3 Å². The zero-order valence-electron chi connectivity index (χ0n) is 16.4. The van der Waals surface area contributed by atoms with Crippen LogP contribution in [0.15, 0.2) is 24.5 Å². The van der Waals surface area contributed by atoms with Crippen LogP contribution in [0.3, 0.4) is 0 Å². The van der Waals surface area contributed by atoms with Crippen LogP contribution in [0, 0.1) is 0 Å². The number of nitrogens with zero attached hydrogens (tertiary/aromatic N) is 4. The van der Waals surface area contributed by atoms with Crippen LogP contribution >= 0.6 is 0 Å². The van der Waals surface area contributed by atoms with Gasteiger partial charge in [-0.1, -0.05) is 0 Å². The number of benzene rings is 1. The molecule has 3 heterocycles. The number of rotatable bonds is 2. The van der Waals surface area contributed by atoms with Crippen LogP contribution in [0.25, 0.3) is 0 Å². The van der Waals surface area contributed by atoms with E-state index in [-0.39, 0.29) is 6.09 Å². The zero-order valence-corrected chi connectivity index (χ0v) is 16.4. The number of aryl methyl sites for hydroxylation is 1. The molecule has 1 aromatic heterocycles. The summed E-state index contributed by atoms with van der Waals surface area (Å²) in [4.78, 5) is 20.9. The van der Waals surface area contributed by atoms with Crippen LogP contribution in [0.2, 0.25) is 0 Å². The van der Waals surface area contributed by atoms with E-state index in [0.29, 0.717) is 13.1 Å². The summed E-state index contributed by atoms with van der Waals surface area (Å²) in [6.45, 7) is 8.60. The molecular weight excluding hydrogens is 344 g/mol. The summed E-state index contributed by atoms with van der Waals surface area (Å²) in [7, 11) is 1.68. The highest BCUT2D eigenvalue weighted by atomic mass is 16.6. The lowest BCUT2D eigenvalue weighted by molar-refractivity contribution is 0.0242. The van der Waals surface area contributed by atoms with E-state index < -0.39 is 5.60 Å². The van der Waals surface area contributed by atoms with Gasteiger partial charge in [-0.05, 0) is 50.5 Å². The van der Waals surface area contributed by atoms with Crippen LogP contribution in [-0.4, -0.2) is 39.8 Å². The summed E-state index contributed by atoms with van der Waals surface area (Å²) in [5.74, 6) is 1.73. The van der Waals surface area contributed by atoms with Crippen LogP contribution in [-0.2, 0) is 24.4 Å². The molecule has 0 atom stereocenters. The minimum absolute atomic E-state index is 0.285. The van der Waals surface area contributed by atoms with E-state index in [9.17, 15) is 4.79 Å². The quantitative estimate of drug-likeness (QED) is 0.807. The minimum atomic E-state index is -0.500. The third kappa shape index (κ3) is 3.34. The molecule has 2 aliphatic rings. The number of carbonyl (C=O) groups is 1. The van der Waals surface area contributed by atoms with Crippen molar-refractivity contribution in [1.29, 1.82) is 0 Å². The van der Waals surface area contributed by atoms with Gasteiger partial charge in [0.25, 0.3) is 0 Å². The standard InChI is InChI=1S/C20H26N4O3/c1-20(2,3)27-19(25)23-12-14-10-16(17(26-4)11-15(14)13-23)24-8-5-7-22-9-6-21-18(22)24/h6,9-11H,5,7-8,12-13H2,1-4H3. The highest BCUT2D eigenvalue weighted by molar-refractivity contribution is 5.72. The Morgan fingerprint density at radius 1 is 1.15 bits per heavy atom. The Morgan fingerprint density at radius 2 is 1.89 bits per heavy atom. The second kappa shape index (κ2) is 6.48. The fourth-order valence-electron chi connectivity index (χ4n) is 3.69. The minimum Gasteiger partial charge on any atom is -0.495 e. The number of anilines is 2. The molecule has 7 nitrogen and oxygen atoms in total. The van der Waals surface area contributed by atoms with Gasteiger partial charge in [0.05, 0.1) is 12.8 Å². The van der Waals surface area contributed by atoms with Crippen molar-refractivity contribution in [3.05, 3.63) is 35.7 Å². The van der Waals surface area contributed by atoms with Gasteiger partial charge in [0.15, 0.2) is 0 Å². The molecule has 144 valence electrons. The first-order valence-corrected chi connectivity index (χ1v) is 9.32. The van der Waals surface area contributed by atoms with E-state index in [4.69, 9.17) is 9.47 Å². The predicted molar refractivity (Wildman–Crippen MR) is 102 cm³/mol. The lowest BCUT2D eigenvalue weighted by atomic mass is 10.1. The topological polar surface area (TPSA) is 59.8 Å². The van der Waals surface area contributed by atoms with E-state index >= 15 is 0 Å². The van der Waals surface area contributed by atoms with E-state index in [1.807, 2.05) is 39.2 Å². The SMILES string of the molecule is COc1cc2c(cc1N1CCCn3ccnc31)CN(C(=O)OC(C)(C)C)C2.